The van der Waals surface area contributed by atoms with Gasteiger partial charge in [-0.2, -0.15) is 11.8 Å². The maximum absolute atomic E-state index is 12.6. The van der Waals surface area contributed by atoms with Crippen LogP contribution >= 0.6 is 11.8 Å². The highest BCUT2D eigenvalue weighted by atomic mass is 32.2. The highest BCUT2D eigenvalue weighted by molar-refractivity contribution is 7.99. The summed E-state index contributed by atoms with van der Waals surface area (Å²) in [6.07, 6.45) is 3.95. The summed E-state index contributed by atoms with van der Waals surface area (Å²) in [7, 11) is 2.14. The molecular formula is C16H23N5OS. The normalized spacial score (nSPS) is 23.4. The molecule has 4 rings (SSSR count). The lowest BCUT2D eigenvalue weighted by atomic mass is 10.1. The van der Waals surface area contributed by atoms with Crippen molar-refractivity contribution in [3.63, 3.8) is 0 Å². The van der Waals surface area contributed by atoms with Gasteiger partial charge in [-0.3, -0.25) is 4.79 Å². The van der Waals surface area contributed by atoms with E-state index in [1.54, 1.807) is 6.20 Å². The summed E-state index contributed by atoms with van der Waals surface area (Å²) in [6.45, 7) is 4.63. The van der Waals surface area contributed by atoms with E-state index in [9.17, 15) is 4.79 Å². The molecule has 0 bridgehead atoms. The molecule has 1 aromatic rings. The van der Waals surface area contributed by atoms with Gasteiger partial charge in [0.25, 0.3) is 5.91 Å². The van der Waals surface area contributed by atoms with Gasteiger partial charge in [-0.25, -0.2) is 9.97 Å². The minimum absolute atomic E-state index is 0.127. The van der Waals surface area contributed by atoms with Crippen LogP contribution in [0.15, 0.2) is 6.20 Å². The van der Waals surface area contributed by atoms with E-state index in [-0.39, 0.29) is 5.91 Å². The van der Waals surface area contributed by atoms with E-state index < -0.39 is 0 Å². The zero-order valence-electron chi connectivity index (χ0n) is 13.6. The van der Waals surface area contributed by atoms with Gasteiger partial charge in [0.05, 0.1) is 17.8 Å². The molecule has 1 aromatic heterocycles. The van der Waals surface area contributed by atoms with E-state index in [4.69, 9.17) is 4.98 Å². The van der Waals surface area contributed by atoms with Gasteiger partial charge < -0.3 is 14.7 Å². The Balaban J connectivity index is 1.51. The molecule has 0 spiro atoms. The van der Waals surface area contributed by atoms with E-state index >= 15 is 0 Å². The number of rotatable bonds is 2. The predicted molar refractivity (Wildman–Crippen MR) is 92.0 cm³/mol. The number of nitrogens with zero attached hydrogens (tertiary/aromatic N) is 5. The standard InChI is InChI=1S/C16H23N5OS/c1-19-4-6-20(7-5-19)16-17-10-13-14(18-16)11-21(15(13)22)12-2-8-23-9-3-12/h10,12H,2-9,11H2,1H3. The third kappa shape index (κ3) is 2.92. The fourth-order valence-electron chi connectivity index (χ4n) is 3.54. The van der Waals surface area contributed by atoms with Gasteiger partial charge in [0.1, 0.15) is 0 Å². The molecule has 2 saturated heterocycles. The molecule has 4 heterocycles. The van der Waals surface area contributed by atoms with E-state index in [0.717, 1.165) is 62.2 Å². The first-order valence-electron chi connectivity index (χ1n) is 8.40. The molecule has 6 nitrogen and oxygen atoms in total. The van der Waals surface area contributed by atoms with Crippen LogP contribution in [0.25, 0.3) is 0 Å². The number of hydrogen-bond acceptors (Lipinski definition) is 6. The van der Waals surface area contributed by atoms with Crippen molar-refractivity contribution >= 4 is 23.6 Å². The average Bonchev–Trinajstić information content (AvgIpc) is 2.93. The molecule has 124 valence electrons. The number of anilines is 1. The van der Waals surface area contributed by atoms with Crippen LogP contribution in [0.3, 0.4) is 0 Å². The number of likely N-dealkylation sites (N-methyl/N-ethyl adjacent to an activating group) is 1. The quantitative estimate of drug-likeness (QED) is 0.807. The zero-order chi connectivity index (χ0) is 15.8. The third-order valence-corrected chi connectivity index (χ3v) is 6.13. The van der Waals surface area contributed by atoms with Crippen LogP contribution in [0.4, 0.5) is 5.95 Å². The van der Waals surface area contributed by atoms with Crippen LogP contribution in [0.5, 0.6) is 0 Å². The van der Waals surface area contributed by atoms with Crippen molar-refractivity contribution in [3.05, 3.63) is 17.5 Å². The van der Waals surface area contributed by atoms with Gasteiger partial charge >= 0.3 is 0 Å². The van der Waals surface area contributed by atoms with Crippen molar-refractivity contribution in [1.29, 1.82) is 0 Å². The minimum Gasteiger partial charge on any atom is -0.338 e. The molecule has 3 aliphatic rings. The Morgan fingerprint density at radius 3 is 2.65 bits per heavy atom. The molecule has 0 aromatic carbocycles. The Morgan fingerprint density at radius 1 is 1.17 bits per heavy atom. The average molecular weight is 333 g/mol. The third-order valence-electron chi connectivity index (χ3n) is 5.08. The Morgan fingerprint density at radius 2 is 1.91 bits per heavy atom. The number of piperazine rings is 1. The summed E-state index contributed by atoms with van der Waals surface area (Å²) < 4.78 is 0. The lowest BCUT2D eigenvalue weighted by molar-refractivity contribution is 0.0692. The first kappa shape index (κ1) is 15.2. The number of fused-ring (bicyclic) bond motifs is 1. The van der Waals surface area contributed by atoms with Crippen molar-refractivity contribution in [2.45, 2.75) is 25.4 Å². The van der Waals surface area contributed by atoms with Gasteiger partial charge in [0.2, 0.25) is 5.95 Å². The Kier molecular flexibility index (Phi) is 4.15. The molecule has 7 heteroatoms. The smallest absolute Gasteiger partial charge is 0.257 e. The van der Waals surface area contributed by atoms with E-state index in [1.807, 2.05) is 16.7 Å². The Bertz CT molecular complexity index is 596. The van der Waals surface area contributed by atoms with Crippen LogP contribution in [-0.2, 0) is 6.54 Å². The summed E-state index contributed by atoms with van der Waals surface area (Å²) in [4.78, 5) is 28.4. The van der Waals surface area contributed by atoms with Crippen LogP contribution in [0.1, 0.15) is 28.9 Å². The highest BCUT2D eigenvalue weighted by Crippen LogP contribution is 2.30. The molecule has 0 atom stereocenters. The fourth-order valence-corrected chi connectivity index (χ4v) is 4.63. The second kappa shape index (κ2) is 6.28. The lowest BCUT2D eigenvalue weighted by Crippen LogP contribution is -2.45. The monoisotopic (exact) mass is 333 g/mol. The van der Waals surface area contributed by atoms with Gasteiger partial charge in [-0.05, 0) is 31.4 Å². The van der Waals surface area contributed by atoms with Crippen molar-refractivity contribution in [2.75, 3.05) is 49.6 Å². The van der Waals surface area contributed by atoms with Gasteiger partial charge in [-0.1, -0.05) is 0 Å². The number of carbonyl (C=O) groups is 1. The molecule has 1 amide bonds. The molecule has 3 aliphatic heterocycles. The maximum Gasteiger partial charge on any atom is 0.257 e. The van der Waals surface area contributed by atoms with Crippen molar-refractivity contribution in [3.8, 4) is 0 Å². The van der Waals surface area contributed by atoms with Crippen molar-refractivity contribution < 1.29 is 4.79 Å². The van der Waals surface area contributed by atoms with Crippen LogP contribution in [-0.4, -0.2) is 76.4 Å². The number of aromatic nitrogens is 2. The summed E-state index contributed by atoms with van der Waals surface area (Å²) in [5.41, 5.74) is 1.62. The van der Waals surface area contributed by atoms with Crippen LogP contribution in [0.2, 0.25) is 0 Å². The van der Waals surface area contributed by atoms with Gasteiger partial charge in [0.15, 0.2) is 0 Å². The lowest BCUT2D eigenvalue weighted by Gasteiger charge is -2.32. The second-order valence-corrected chi connectivity index (χ2v) is 7.82. The Labute approximate surface area is 141 Å². The SMILES string of the molecule is CN1CCN(c2ncc3c(n2)CN(C2CCSCC2)C3=O)CC1. The molecule has 23 heavy (non-hydrogen) atoms. The fraction of sp³-hybridized carbons (Fsp3) is 0.688. The molecule has 0 aliphatic carbocycles. The highest BCUT2D eigenvalue weighted by Gasteiger charge is 2.35. The number of amides is 1. The van der Waals surface area contributed by atoms with Gasteiger partial charge in [-0.15, -0.1) is 0 Å². The summed E-state index contributed by atoms with van der Waals surface area (Å²) in [5.74, 6) is 3.22. The second-order valence-electron chi connectivity index (χ2n) is 6.60. The number of thioether (sulfide) groups is 1. The summed E-state index contributed by atoms with van der Waals surface area (Å²) in [6, 6.07) is 0.380. The molecule has 0 radical (unpaired) electrons. The minimum atomic E-state index is 0.127. The molecular weight excluding hydrogens is 310 g/mol. The zero-order valence-corrected chi connectivity index (χ0v) is 14.4. The Hall–Kier alpha value is -1.34. The van der Waals surface area contributed by atoms with Crippen molar-refractivity contribution in [2.24, 2.45) is 0 Å². The molecule has 0 N–H and O–H groups in total. The van der Waals surface area contributed by atoms with Crippen LogP contribution in [0, 0.1) is 0 Å². The number of carbonyl (C=O) groups excluding carboxylic acids is 1. The first-order valence-corrected chi connectivity index (χ1v) is 9.56. The molecule has 0 unspecified atom stereocenters. The van der Waals surface area contributed by atoms with Crippen LogP contribution < -0.4 is 4.90 Å². The summed E-state index contributed by atoms with van der Waals surface area (Å²) in [5, 5.41) is 0. The molecule has 0 saturated carbocycles. The predicted octanol–water partition coefficient (Wildman–Crippen LogP) is 1.08. The summed E-state index contributed by atoms with van der Waals surface area (Å²) >= 11 is 1.99. The number of hydrogen-bond donors (Lipinski definition) is 0. The largest absolute Gasteiger partial charge is 0.338 e. The van der Waals surface area contributed by atoms with Crippen molar-refractivity contribution in [1.82, 2.24) is 19.8 Å². The van der Waals surface area contributed by atoms with E-state index in [0.29, 0.717) is 18.2 Å². The first-order chi connectivity index (χ1) is 11.2. The van der Waals surface area contributed by atoms with E-state index in [2.05, 4.69) is 21.8 Å². The molecule has 2 fully saturated rings. The topological polar surface area (TPSA) is 52.6 Å². The maximum atomic E-state index is 12.6. The van der Waals surface area contributed by atoms with E-state index in [1.165, 1.54) is 0 Å². The van der Waals surface area contributed by atoms with Gasteiger partial charge in [0, 0.05) is 38.4 Å².